The number of halogens is 2. The summed E-state index contributed by atoms with van der Waals surface area (Å²) < 4.78 is 68.8. The van der Waals surface area contributed by atoms with Crippen molar-refractivity contribution < 1.29 is 31.2 Å². The smallest absolute Gasteiger partial charge is 0.387 e. The van der Waals surface area contributed by atoms with Crippen molar-refractivity contribution in [2.24, 2.45) is 0 Å². The van der Waals surface area contributed by atoms with Crippen LogP contribution in [0, 0.1) is 0 Å². The Kier molecular flexibility index (Phi) is 4.40. The summed E-state index contributed by atoms with van der Waals surface area (Å²) in [7, 11) is -2.70. The molecule has 2 aliphatic carbocycles. The van der Waals surface area contributed by atoms with Crippen LogP contribution in [0.2, 0.25) is 0 Å². The zero-order valence-electron chi connectivity index (χ0n) is 16.3. The van der Waals surface area contributed by atoms with Crippen LogP contribution in [0.15, 0.2) is 46.1 Å². The number of alkyl halides is 2. The van der Waals surface area contributed by atoms with E-state index in [4.69, 9.17) is 9.26 Å². The molecule has 5 rings (SSSR count). The molecule has 0 unspecified atom stereocenters. The first kappa shape index (κ1) is 19.7. The molecule has 3 aromatic rings. The quantitative estimate of drug-likeness (QED) is 0.611. The molecule has 0 aliphatic heterocycles. The standard InChI is InChI=1S/C20H17F2N3O5S/c1-28-15-4-7-23-10-16(15)31(26,27)25-18-13-9-20(5-6-20)14-3-2-11(29-19(21)22)8-12(14)17(13)30-24-18/h2-4,7-8,10,19H,5-6,9H2,1H3,(H,24,25). The van der Waals surface area contributed by atoms with Crippen molar-refractivity contribution in [2.75, 3.05) is 11.8 Å². The monoisotopic (exact) mass is 449 g/mol. The van der Waals surface area contributed by atoms with Crippen LogP contribution < -0.4 is 14.2 Å². The summed E-state index contributed by atoms with van der Waals surface area (Å²) in [6, 6.07) is 6.18. The number of fused-ring (bicyclic) bond motifs is 4. The second-order valence-corrected chi connectivity index (χ2v) is 9.16. The van der Waals surface area contributed by atoms with Gasteiger partial charge in [-0.25, -0.2) is 8.42 Å². The second-order valence-electron chi connectivity index (χ2n) is 7.51. The number of hydrogen-bond acceptors (Lipinski definition) is 7. The number of ether oxygens (including phenoxy) is 2. The van der Waals surface area contributed by atoms with E-state index in [1.54, 1.807) is 6.07 Å². The van der Waals surface area contributed by atoms with Gasteiger partial charge < -0.3 is 14.0 Å². The minimum Gasteiger partial charge on any atom is -0.495 e. The fraction of sp³-hybridized carbons (Fsp3) is 0.300. The van der Waals surface area contributed by atoms with Gasteiger partial charge in [-0.1, -0.05) is 11.2 Å². The van der Waals surface area contributed by atoms with Gasteiger partial charge >= 0.3 is 6.61 Å². The summed E-state index contributed by atoms with van der Waals surface area (Å²) in [5, 5.41) is 3.93. The van der Waals surface area contributed by atoms with Crippen LogP contribution in [-0.4, -0.2) is 32.3 Å². The van der Waals surface area contributed by atoms with Gasteiger partial charge in [-0.05, 0) is 43.0 Å². The van der Waals surface area contributed by atoms with E-state index in [1.165, 1.54) is 37.7 Å². The second kappa shape index (κ2) is 6.91. The SMILES string of the molecule is COc1ccncc1S(=O)(=O)Nc1noc2c1CC1(CC1)c1ccc(OC(F)F)cc1-2. The Morgan fingerprint density at radius 2 is 2.06 bits per heavy atom. The number of pyridine rings is 1. The Morgan fingerprint density at radius 3 is 2.77 bits per heavy atom. The highest BCUT2D eigenvalue weighted by molar-refractivity contribution is 7.92. The molecular weight excluding hydrogens is 432 g/mol. The number of rotatable bonds is 6. The van der Waals surface area contributed by atoms with E-state index in [1.807, 2.05) is 0 Å². The number of anilines is 1. The van der Waals surface area contributed by atoms with Crippen molar-refractivity contribution in [1.29, 1.82) is 0 Å². The molecular formula is C20H17F2N3O5S. The van der Waals surface area contributed by atoms with Crippen LogP contribution in [0.4, 0.5) is 14.6 Å². The molecule has 1 fully saturated rings. The molecule has 2 heterocycles. The van der Waals surface area contributed by atoms with Crippen LogP contribution in [0.5, 0.6) is 11.5 Å². The predicted molar refractivity (Wildman–Crippen MR) is 105 cm³/mol. The van der Waals surface area contributed by atoms with Crippen molar-refractivity contribution in [3.05, 3.63) is 47.8 Å². The molecule has 8 nitrogen and oxygen atoms in total. The summed E-state index contributed by atoms with van der Waals surface area (Å²) in [6.45, 7) is -2.96. The Hall–Kier alpha value is -3.21. The van der Waals surface area contributed by atoms with E-state index in [0.717, 1.165) is 18.4 Å². The van der Waals surface area contributed by atoms with E-state index in [-0.39, 0.29) is 27.6 Å². The Labute approximate surface area is 176 Å². The van der Waals surface area contributed by atoms with Crippen LogP contribution in [0.25, 0.3) is 11.3 Å². The third-order valence-electron chi connectivity index (χ3n) is 5.68. The van der Waals surface area contributed by atoms with Gasteiger partial charge in [-0.15, -0.1) is 0 Å². The van der Waals surface area contributed by atoms with Crippen LogP contribution in [0.3, 0.4) is 0 Å². The van der Waals surface area contributed by atoms with Crippen LogP contribution in [-0.2, 0) is 21.9 Å². The minimum absolute atomic E-state index is 0.00368. The van der Waals surface area contributed by atoms with Gasteiger partial charge in [-0.3, -0.25) is 9.71 Å². The van der Waals surface area contributed by atoms with E-state index in [0.29, 0.717) is 23.3 Å². The van der Waals surface area contributed by atoms with Gasteiger partial charge in [0.05, 0.1) is 13.3 Å². The van der Waals surface area contributed by atoms with Gasteiger partial charge in [0.1, 0.15) is 16.4 Å². The highest BCUT2D eigenvalue weighted by atomic mass is 32.2. The van der Waals surface area contributed by atoms with Crippen molar-refractivity contribution in [1.82, 2.24) is 10.1 Å². The number of aromatic nitrogens is 2. The van der Waals surface area contributed by atoms with Gasteiger partial charge in [-0.2, -0.15) is 8.78 Å². The Morgan fingerprint density at radius 1 is 1.26 bits per heavy atom. The van der Waals surface area contributed by atoms with Crippen LogP contribution >= 0.6 is 0 Å². The van der Waals surface area contributed by atoms with E-state index >= 15 is 0 Å². The maximum absolute atomic E-state index is 12.9. The van der Waals surface area contributed by atoms with E-state index in [9.17, 15) is 17.2 Å². The first-order valence-electron chi connectivity index (χ1n) is 9.42. The molecule has 0 bridgehead atoms. The topological polar surface area (TPSA) is 104 Å². The van der Waals surface area contributed by atoms with Gasteiger partial charge in [0, 0.05) is 22.7 Å². The summed E-state index contributed by atoms with van der Waals surface area (Å²) in [5.74, 6) is 0.523. The lowest BCUT2D eigenvalue weighted by Crippen LogP contribution is -2.20. The molecule has 11 heteroatoms. The number of nitrogens with zero attached hydrogens (tertiary/aromatic N) is 2. The first-order valence-corrected chi connectivity index (χ1v) is 10.9. The lowest BCUT2D eigenvalue weighted by atomic mass is 9.79. The first-order chi connectivity index (χ1) is 14.8. The molecule has 1 N–H and O–H groups in total. The predicted octanol–water partition coefficient (Wildman–Crippen LogP) is 3.74. The van der Waals surface area contributed by atoms with Gasteiger partial charge in [0.25, 0.3) is 10.0 Å². The molecule has 0 radical (unpaired) electrons. The summed E-state index contributed by atoms with van der Waals surface area (Å²) in [4.78, 5) is 3.71. The highest BCUT2D eigenvalue weighted by Crippen LogP contribution is 2.58. The highest BCUT2D eigenvalue weighted by Gasteiger charge is 2.50. The average molecular weight is 449 g/mol. The molecule has 162 valence electrons. The Balaban J connectivity index is 1.56. The zero-order valence-corrected chi connectivity index (χ0v) is 17.1. The van der Waals surface area contributed by atoms with Crippen molar-refractivity contribution in [2.45, 2.75) is 36.2 Å². The summed E-state index contributed by atoms with van der Waals surface area (Å²) >= 11 is 0. The molecule has 0 saturated heterocycles. The molecule has 2 aromatic heterocycles. The number of sulfonamides is 1. The lowest BCUT2D eigenvalue weighted by Gasteiger charge is -2.25. The molecule has 0 amide bonds. The molecule has 0 atom stereocenters. The van der Waals surface area contributed by atoms with Gasteiger partial charge in [0.2, 0.25) is 0 Å². The average Bonchev–Trinajstić information content (AvgIpc) is 3.40. The molecule has 1 spiro atoms. The molecule has 1 aromatic carbocycles. The van der Waals surface area contributed by atoms with E-state index in [2.05, 4.69) is 19.6 Å². The number of benzene rings is 1. The van der Waals surface area contributed by atoms with Crippen molar-refractivity contribution >= 4 is 15.8 Å². The lowest BCUT2D eigenvalue weighted by molar-refractivity contribution is -0.0498. The largest absolute Gasteiger partial charge is 0.495 e. The molecule has 2 aliphatic rings. The molecule has 1 saturated carbocycles. The minimum atomic E-state index is -4.06. The van der Waals surface area contributed by atoms with Gasteiger partial charge in [0.15, 0.2) is 11.6 Å². The zero-order chi connectivity index (χ0) is 21.8. The third-order valence-corrected chi connectivity index (χ3v) is 7.02. The fourth-order valence-electron chi connectivity index (χ4n) is 4.07. The number of nitrogens with one attached hydrogen (secondary N) is 1. The van der Waals surface area contributed by atoms with Crippen molar-refractivity contribution in [3.8, 4) is 22.8 Å². The number of methoxy groups -OCH3 is 1. The molecule has 31 heavy (non-hydrogen) atoms. The maximum atomic E-state index is 12.9. The fourth-order valence-corrected chi connectivity index (χ4v) is 5.21. The Bertz CT molecular complexity index is 1270. The third kappa shape index (κ3) is 3.29. The van der Waals surface area contributed by atoms with E-state index < -0.39 is 16.6 Å². The van der Waals surface area contributed by atoms with Crippen molar-refractivity contribution in [3.63, 3.8) is 0 Å². The normalized spacial score (nSPS) is 16.0. The summed E-state index contributed by atoms with van der Waals surface area (Å²) in [6.07, 6.45) is 4.91. The number of hydrogen-bond donors (Lipinski definition) is 1. The summed E-state index contributed by atoms with van der Waals surface area (Å²) in [5.41, 5.74) is 1.92. The maximum Gasteiger partial charge on any atom is 0.387 e. The van der Waals surface area contributed by atoms with Crippen LogP contribution in [0.1, 0.15) is 24.0 Å².